The second-order valence-electron chi connectivity index (χ2n) is 6.08. The maximum atomic E-state index is 13.3. The molecule has 0 spiro atoms. The molecule has 2 aliphatic rings. The molecule has 3 rings (SSSR count). The summed E-state index contributed by atoms with van der Waals surface area (Å²) in [7, 11) is 0. The largest absolute Gasteiger partial charge is 0.392 e. The molecule has 2 nitrogen and oxygen atoms in total. The molecule has 0 bridgehead atoms. The normalized spacial score (nSPS) is 32.5. The van der Waals surface area contributed by atoms with Gasteiger partial charge < -0.3 is 10.8 Å². The second-order valence-corrected chi connectivity index (χ2v) is 6.08. The van der Waals surface area contributed by atoms with E-state index in [1.165, 1.54) is 37.8 Å². The highest BCUT2D eigenvalue weighted by Gasteiger charge is 2.55. The fourth-order valence-corrected chi connectivity index (χ4v) is 4.03. The maximum Gasteiger partial charge on any atom is 0.123 e. The van der Waals surface area contributed by atoms with E-state index < -0.39 is 6.10 Å². The Hall–Kier alpha value is -0.930. The van der Waals surface area contributed by atoms with E-state index in [4.69, 9.17) is 5.73 Å². The molecule has 0 aliphatic heterocycles. The number of rotatable bonds is 4. The molecule has 4 unspecified atom stereocenters. The lowest BCUT2D eigenvalue weighted by Crippen LogP contribution is -2.28. The van der Waals surface area contributed by atoms with E-state index in [0.717, 1.165) is 5.56 Å². The first kappa shape index (κ1) is 13.1. The van der Waals surface area contributed by atoms with Crippen molar-refractivity contribution in [3.8, 4) is 0 Å². The highest BCUT2D eigenvalue weighted by Crippen LogP contribution is 2.58. The van der Waals surface area contributed by atoms with Crippen LogP contribution in [0.1, 0.15) is 37.2 Å². The summed E-state index contributed by atoms with van der Waals surface area (Å²) in [5, 5.41) is 10.6. The van der Waals surface area contributed by atoms with E-state index in [1.807, 2.05) is 6.07 Å². The zero-order chi connectivity index (χ0) is 13.4. The molecule has 0 aromatic heterocycles. The molecule has 3 N–H and O–H groups in total. The topological polar surface area (TPSA) is 46.2 Å². The monoisotopic (exact) mass is 263 g/mol. The predicted octanol–water partition coefficient (Wildman–Crippen LogP) is 2.67. The third-order valence-corrected chi connectivity index (χ3v) is 5.06. The molecule has 19 heavy (non-hydrogen) atoms. The molecule has 3 heteroatoms. The van der Waals surface area contributed by atoms with Crippen LogP contribution in [0.2, 0.25) is 0 Å². The highest BCUT2D eigenvalue weighted by molar-refractivity contribution is 5.24. The molecular formula is C16H22FNO. The number of benzene rings is 1. The van der Waals surface area contributed by atoms with E-state index in [2.05, 4.69) is 0 Å². The number of nitrogens with two attached hydrogens (primary N) is 1. The Morgan fingerprint density at radius 2 is 1.95 bits per heavy atom. The van der Waals surface area contributed by atoms with Crippen LogP contribution in [-0.2, 0) is 0 Å². The Morgan fingerprint density at radius 3 is 2.53 bits per heavy atom. The number of aliphatic hydroxyl groups excluding tert-OH is 1. The molecular weight excluding hydrogens is 241 g/mol. The number of hydrogen-bond acceptors (Lipinski definition) is 2. The molecule has 1 aromatic carbocycles. The first-order valence-electron chi connectivity index (χ1n) is 7.36. The third kappa shape index (κ3) is 2.41. The van der Waals surface area contributed by atoms with Gasteiger partial charge in [0.25, 0.3) is 0 Å². The highest BCUT2D eigenvalue weighted by atomic mass is 19.1. The lowest BCUT2D eigenvalue weighted by atomic mass is 9.89. The van der Waals surface area contributed by atoms with Gasteiger partial charge in [-0.25, -0.2) is 4.39 Å². The third-order valence-electron chi connectivity index (χ3n) is 5.06. The summed E-state index contributed by atoms with van der Waals surface area (Å²) < 4.78 is 13.3. The van der Waals surface area contributed by atoms with E-state index in [9.17, 15) is 9.50 Å². The standard InChI is InChI=1S/C16H22FNO/c17-11-5-3-4-10(8-11)14(9-18)16(19)15-12-6-1-2-7-13(12)15/h3-5,8,12-16,19H,1-2,6-7,9,18H2. The summed E-state index contributed by atoms with van der Waals surface area (Å²) in [6.07, 6.45) is 4.65. The van der Waals surface area contributed by atoms with Gasteiger partial charge in [0.15, 0.2) is 0 Å². The van der Waals surface area contributed by atoms with Gasteiger partial charge >= 0.3 is 0 Å². The molecule has 0 radical (unpaired) electrons. The molecule has 1 aromatic rings. The summed E-state index contributed by atoms with van der Waals surface area (Å²) in [5.41, 5.74) is 6.66. The number of halogens is 1. The van der Waals surface area contributed by atoms with Gasteiger partial charge in [0, 0.05) is 12.5 Å². The van der Waals surface area contributed by atoms with Crippen LogP contribution in [0.5, 0.6) is 0 Å². The van der Waals surface area contributed by atoms with Crippen molar-refractivity contribution in [2.45, 2.75) is 37.7 Å². The van der Waals surface area contributed by atoms with E-state index in [0.29, 0.717) is 24.3 Å². The van der Waals surface area contributed by atoms with E-state index in [1.54, 1.807) is 6.07 Å². The van der Waals surface area contributed by atoms with Crippen molar-refractivity contribution in [3.05, 3.63) is 35.6 Å². The van der Waals surface area contributed by atoms with Gasteiger partial charge in [-0.2, -0.15) is 0 Å². The Kier molecular flexibility index (Phi) is 3.59. The van der Waals surface area contributed by atoms with Gasteiger partial charge in [-0.15, -0.1) is 0 Å². The predicted molar refractivity (Wildman–Crippen MR) is 73.1 cm³/mol. The van der Waals surface area contributed by atoms with Gasteiger partial charge in [-0.05, 0) is 48.3 Å². The van der Waals surface area contributed by atoms with Crippen LogP contribution in [0.3, 0.4) is 0 Å². The minimum Gasteiger partial charge on any atom is -0.392 e. The summed E-state index contributed by atoms with van der Waals surface area (Å²) in [6, 6.07) is 6.50. The Labute approximate surface area is 113 Å². The van der Waals surface area contributed by atoms with Crippen LogP contribution in [0, 0.1) is 23.6 Å². The fourth-order valence-electron chi connectivity index (χ4n) is 4.03. The number of hydrogen-bond donors (Lipinski definition) is 2. The lowest BCUT2D eigenvalue weighted by molar-refractivity contribution is 0.112. The lowest BCUT2D eigenvalue weighted by Gasteiger charge is -2.22. The van der Waals surface area contributed by atoms with Gasteiger partial charge in [-0.1, -0.05) is 25.0 Å². The van der Waals surface area contributed by atoms with Crippen molar-refractivity contribution < 1.29 is 9.50 Å². The first-order chi connectivity index (χ1) is 9.22. The summed E-state index contributed by atoms with van der Waals surface area (Å²) >= 11 is 0. The average Bonchev–Trinajstić information content (AvgIpc) is 3.13. The molecule has 2 aliphatic carbocycles. The summed E-state index contributed by atoms with van der Waals surface area (Å²) in [5.74, 6) is 1.37. The zero-order valence-electron chi connectivity index (χ0n) is 11.1. The smallest absolute Gasteiger partial charge is 0.123 e. The van der Waals surface area contributed by atoms with Crippen molar-refractivity contribution in [2.75, 3.05) is 6.54 Å². The zero-order valence-corrected chi connectivity index (χ0v) is 11.1. The number of aliphatic hydroxyl groups is 1. The van der Waals surface area contributed by atoms with Gasteiger partial charge in [0.05, 0.1) is 6.10 Å². The summed E-state index contributed by atoms with van der Waals surface area (Å²) in [6.45, 7) is 0.376. The van der Waals surface area contributed by atoms with Crippen LogP contribution in [0.4, 0.5) is 4.39 Å². The number of fused-ring (bicyclic) bond motifs is 1. The molecule has 0 saturated heterocycles. The minimum atomic E-state index is -0.417. The van der Waals surface area contributed by atoms with E-state index in [-0.39, 0.29) is 11.7 Å². The van der Waals surface area contributed by atoms with Crippen molar-refractivity contribution in [3.63, 3.8) is 0 Å². The Bertz CT molecular complexity index is 438. The second kappa shape index (κ2) is 5.22. The van der Waals surface area contributed by atoms with Crippen LogP contribution in [-0.4, -0.2) is 17.8 Å². The van der Waals surface area contributed by atoms with Gasteiger partial charge in [-0.3, -0.25) is 0 Å². The SMILES string of the molecule is NCC(c1cccc(F)c1)C(O)C1C2CCCCC21. The van der Waals surface area contributed by atoms with Gasteiger partial charge in [0.2, 0.25) is 0 Å². The van der Waals surface area contributed by atoms with Crippen molar-refractivity contribution >= 4 is 0 Å². The molecule has 4 atom stereocenters. The Balaban J connectivity index is 1.75. The molecule has 0 amide bonds. The first-order valence-corrected chi connectivity index (χ1v) is 7.36. The van der Waals surface area contributed by atoms with Crippen molar-refractivity contribution in [1.82, 2.24) is 0 Å². The molecule has 2 fully saturated rings. The average molecular weight is 263 g/mol. The fraction of sp³-hybridized carbons (Fsp3) is 0.625. The quantitative estimate of drug-likeness (QED) is 0.877. The van der Waals surface area contributed by atoms with Crippen LogP contribution < -0.4 is 5.73 Å². The van der Waals surface area contributed by atoms with Crippen LogP contribution >= 0.6 is 0 Å². The molecule has 104 valence electrons. The van der Waals surface area contributed by atoms with Crippen molar-refractivity contribution in [2.24, 2.45) is 23.5 Å². The minimum absolute atomic E-state index is 0.133. The van der Waals surface area contributed by atoms with Gasteiger partial charge in [0.1, 0.15) is 5.82 Å². The van der Waals surface area contributed by atoms with E-state index >= 15 is 0 Å². The Morgan fingerprint density at radius 1 is 1.26 bits per heavy atom. The molecule has 0 heterocycles. The van der Waals surface area contributed by atoms with Crippen LogP contribution in [0.25, 0.3) is 0 Å². The maximum absolute atomic E-state index is 13.3. The molecule has 2 saturated carbocycles. The summed E-state index contributed by atoms with van der Waals surface area (Å²) in [4.78, 5) is 0. The van der Waals surface area contributed by atoms with Crippen molar-refractivity contribution in [1.29, 1.82) is 0 Å². The van der Waals surface area contributed by atoms with Crippen LogP contribution in [0.15, 0.2) is 24.3 Å².